The van der Waals surface area contributed by atoms with Gasteiger partial charge in [-0.2, -0.15) is 0 Å². The Balaban J connectivity index is 2.41. The molecule has 0 fully saturated rings. The number of halogens is 3. The summed E-state index contributed by atoms with van der Waals surface area (Å²) in [7, 11) is 2.87. The Kier molecular flexibility index (Phi) is 5.69. The van der Waals surface area contributed by atoms with Gasteiger partial charge in [0.15, 0.2) is 29.0 Å². The molecule has 0 bridgehead atoms. The van der Waals surface area contributed by atoms with Crippen molar-refractivity contribution in [3.05, 3.63) is 65.5 Å². The van der Waals surface area contributed by atoms with E-state index in [1.54, 1.807) is 6.08 Å². The average molecular weight is 351 g/mol. The van der Waals surface area contributed by atoms with Crippen molar-refractivity contribution in [3.8, 4) is 11.5 Å². The zero-order valence-corrected chi connectivity index (χ0v) is 13.7. The molecule has 2 aromatic carbocycles. The van der Waals surface area contributed by atoms with Gasteiger partial charge in [0.25, 0.3) is 5.91 Å². The third-order valence-electron chi connectivity index (χ3n) is 3.47. The Labute approximate surface area is 142 Å². The molecule has 4 nitrogen and oxygen atoms in total. The number of carbonyl (C=O) groups excluding carboxylic acids is 1. The molecule has 0 aliphatic rings. The molecule has 2 aromatic rings. The van der Waals surface area contributed by atoms with Crippen molar-refractivity contribution in [1.82, 2.24) is 0 Å². The van der Waals surface area contributed by atoms with Gasteiger partial charge in [-0.05, 0) is 30.7 Å². The summed E-state index contributed by atoms with van der Waals surface area (Å²) < 4.78 is 50.4. The first-order valence-corrected chi connectivity index (χ1v) is 7.23. The van der Waals surface area contributed by atoms with Gasteiger partial charge in [-0.3, -0.25) is 4.79 Å². The number of nitrogens with one attached hydrogen (secondary N) is 1. The SMILES string of the molecule is C=CCc1cc(C(=O)Nc2ccc(F)c(F)c2F)cc(OC)c1OC. The van der Waals surface area contributed by atoms with Crippen molar-refractivity contribution in [3.63, 3.8) is 0 Å². The average Bonchev–Trinajstić information content (AvgIpc) is 2.61. The van der Waals surface area contributed by atoms with Gasteiger partial charge in [0.05, 0.1) is 19.9 Å². The summed E-state index contributed by atoms with van der Waals surface area (Å²) in [5, 5.41) is 2.21. The predicted molar refractivity (Wildman–Crippen MR) is 87.7 cm³/mol. The van der Waals surface area contributed by atoms with Crippen LogP contribution in [0.15, 0.2) is 36.9 Å². The standard InChI is InChI=1S/C18H16F3NO3/c1-4-5-10-8-11(9-14(24-2)17(10)25-3)18(23)22-13-7-6-12(19)15(20)16(13)21/h4,6-9H,1,5H2,2-3H3,(H,22,23). The molecular formula is C18H16F3NO3. The van der Waals surface area contributed by atoms with Crippen LogP contribution in [0.3, 0.4) is 0 Å². The molecule has 132 valence electrons. The lowest BCUT2D eigenvalue weighted by Crippen LogP contribution is -2.15. The molecular weight excluding hydrogens is 335 g/mol. The van der Waals surface area contributed by atoms with E-state index in [0.29, 0.717) is 23.5 Å². The summed E-state index contributed by atoms with van der Waals surface area (Å²) in [5.41, 5.74) is 0.301. The van der Waals surface area contributed by atoms with Crippen LogP contribution in [-0.4, -0.2) is 20.1 Å². The van der Waals surface area contributed by atoms with Gasteiger partial charge >= 0.3 is 0 Å². The molecule has 0 aromatic heterocycles. The Morgan fingerprint density at radius 3 is 2.48 bits per heavy atom. The lowest BCUT2D eigenvalue weighted by atomic mass is 10.0. The quantitative estimate of drug-likeness (QED) is 0.630. The molecule has 0 aliphatic heterocycles. The number of benzene rings is 2. The van der Waals surface area contributed by atoms with Crippen molar-refractivity contribution in [2.45, 2.75) is 6.42 Å². The van der Waals surface area contributed by atoms with E-state index >= 15 is 0 Å². The number of allylic oxidation sites excluding steroid dienone is 1. The number of ether oxygens (including phenoxy) is 2. The first kappa shape index (κ1) is 18.4. The summed E-state index contributed by atoms with van der Waals surface area (Å²) in [6, 6.07) is 4.59. The van der Waals surface area contributed by atoms with Gasteiger partial charge in [-0.1, -0.05) is 6.08 Å². The van der Waals surface area contributed by atoms with Gasteiger partial charge in [-0.15, -0.1) is 6.58 Å². The highest BCUT2D eigenvalue weighted by molar-refractivity contribution is 6.05. The van der Waals surface area contributed by atoms with Crippen molar-refractivity contribution >= 4 is 11.6 Å². The smallest absolute Gasteiger partial charge is 0.255 e. The summed E-state index contributed by atoms with van der Waals surface area (Å²) in [6.07, 6.45) is 2.02. The molecule has 0 aliphatic carbocycles. The van der Waals surface area contributed by atoms with Crippen LogP contribution in [0.2, 0.25) is 0 Å². The van der Waals surface area contributed by atoms with Gasteiger partial charge in [0, 0.05) is 11.1 Å². The van der Waals surface area contributed by atoms with E-state index in [9.17, 15) is 18.0 Å². The number of hydrogen-bond acceptors (Lipinski definition) is 3. The molecule has 0 spiro atoms. The monoisotopic (exact) mass is 351 g/mol. The normalized spacial score (nSPS) is 10.3. The Morgan fingerprint density at radius 2 is 1.88 bits per heavy atom. The highest BCUT2D eigenvalue weighted by Crippen LogP contribution is 2.33. The van der Waals surface area contributed by atoms with Crippen LogP contribution in [0.1, 0.15) is 15.9 Å². The maximum absolute atomic E-state index is 13.7. The molecule has 0 heterocycles. The second-order valence-electron chi connectivity index (χ2n) is 5.04. The Bertz CT molecular complexity index is 822. The van der Waals surface area contributed by atoms with Crippen molar-refractivity contribution in [2.24, 2.45) is 0 Å². The Morgan fingerprint density at radius 1 is 1.16 bits per heavy atom. The highest BCUT2D eigenvalue weighted by atomic mass is 19.2. The van der Waals surface area contributed by atoms with Crippen molar-refractivity contribution in [2.75, 3.05) is 19.5 Å². The van der Waals surface area contributed by atoms with E-state index in [4.69, 9.17) is 9.47 Å². The molecule has 2 rings (SSSR count). The van der Waals surface area contributed by atoms with E-state index in [1.807, 2.05) is 0 Å². The zero-order chi connectivity index (χ0) is 18.6. The highest BCUT2D eigenvalue weighted by Gasteiger charge is 2.19. The second-order valence-corrected chi connectivity index (χ2v) is 5.04. The van der Waals surface area contributed by atoms with E-state index in [2.05, 4.69) is 11.9 Å². The number of carbonyl (C=O) groups is 1. The van der Waals surface area contributed by atoms with Crippen LogP contribution in [0.25, 0.3) is 0 Å². The first-order valence-electron chi connectivity index (χ1n) is 7.23. The van der Waals surface area contributed by atoms with E-state index in [1.165, 1.54) is 26.4 Å². The lowest BCUT2D eigenvalue weighted by Gasteiger charge is -2.14. The molecule has 25 heavy (non-hydrogen) atoms. The fourth-order valence-corrected chi connectivity index (χ4v) is 2.30. The van der Waals surface area contributed by atoms with Crippen LogP contribution >= 0.6 is 0 Å². The largest absolute Gasteiger partial charge is 0.493 e. The predicted octanol–water partition coefficient (Wildman–Crippen LogP) is 4.10. The number of methoxy groups -OCH3 is 2. The molecule has 0 radical (unpaired) electrons. The van der Waals surface area contributed by atoms with Crippen molar-refractivity contribution in [1.29, 1.82) is 0 Å². The molecule has 0 saturated heterocycles. The van der Waals surface area contributed by atoms with Crippen LogP contribution in [0, 0.1) is 17.5 Å². The topological polar surface area (TPSA) is 47.6 Å². The first-order chi connectivity index (χ1) is 11.9. The molecule has 7 heteroatoms. The zero-order valence-electron chi connectivity index (χ0n) is 13.7. The molecule has 0 saturated carbocycles. The third kappa shape index (κ3) is 3.76. The number of hydrogen-bond donors (Lipinski definition) is 1. The minimum atomic E-state index is -1.66. The van der Waals surface area contributed by atoms with Gasteiger partial charge in [-0.25, -0.2) is 13.2 Å². The minimum absolute atomic E-state index is 0.138. The maximum Gasteiger partial charge on any atom is 0.255 e. The molecule has 1 N–H and O–H groups in total. The fourth-order valence-electron chi connectivity index (χ4n) is 2.30. The molecule has 0 atom stereocenters. The second kappa shape index (κ2) is 7.74. The van der Waals surface area contributed by atoms with Crippen LogP contribution in [-0.2, 0) is 6.42 Å². The Hall–Kier alpha value is -2.96. The molecule has 1 amide bonds. The fraction of sp³-hybridized carbons (Fsp3) is 0.167. The van der Waals surface area contributed by atoms with E-state index in [-0.39, 0.29) is 5.56 Å². The number of rotatable bonds is 6. The summed E-state index contributed by atoms with van der Waals surface area (Å²) in [4.78, 5) is 12.4. The molecule has 0 unspecified atom stereocenters. The van der Waals surface area contributed by atoms with Crippen molar-refractivity contribution < 1.29 is 27.4 Å². The van der Waals surface area contributed by atoms with Crippen LogP contribution < -0.4 is 14.8 Å². The van der Waals surface area contributed by atoms with Gasteiger partial charge < -0.3 is 14.8 Å². The lowest BCUT2D eigenvalue weighted by molar-refractivity contribution is 0.102. The summed E-state index contributed by atoms with van der Waals surface area (Å²) in [5.74, 6) is -4.43. The van der Waals surface area contributed by atoms with E-state index in [0.717, 1.165) is 12.1 Å². The van der Waals surface area contributed by atoms with Gasteiger partial charge in [0.2, 0.25) is 0 Å². The third-order valence-corrected chi connectivity index (χ3v) is 3.47. The summed E-state index contributed by atoms with van der Waals surface area (Å²) >= 11 is 0. The van der Waals surface area contributed by atoms with E-state index < -0.39 is 29.0 Å². The summed E-state index contributed by atoms with van der Waals surface area (Å²) in [6.45, 7) is 3.63. The van der Waals surface area contributed by atoms with Crippen LogP contribution in [0.5, 0.6) is 11.5 Å². The number of anilines is 1. The minimum Gasteiger partial charge on any atom is -0.493 e. The number of amides is 1. The maximum atomic E-state index is 13.7. The van der Waals surface area contributed by atoms with Gasteiger partial charge in [0.1, 0.15) is 0 Å². The van der Waals surface area contributed by atoms with Crippen LogP contribution in [0.4, 0.5) is 18.9 Å².